The molecule has 0 bridgehead atoms. The highest BCUT2D eigenvalue weighted by Crippen LogP contribution is 2.26. The molecule has 0 N–H and O–H groups in total. The predicted molar refractivity (Wildman–Crippen MR) is 76.5 cm³/mol. The third kappa shape index (κ3) is 2.82. The van der Waals surface area contributed by atoms with Crippen molar-refractivity contribution in [2.45, 2.75) is 12.8 Å². The van der Waals surface area contributed by atoms with Gasteiger partial charge in [0, 0.05) is 18.4 Å². The number of benzene rings is 2. The van der Waals surface area contributed by atoms with Crippen LogP contribution in [0, 0.1) is 0 Å². The van der Waals surface area contributed by atoms with E-state index in [9.17, 15) is 4.79 Å². The first-order valence-corrected chi connectivity index (χ1v) is 6.80. The van der Waals surface area contributed by atoms with Gasteiger partial charge in [-0.15, -0.1) is 0 Å². The molecule has 0 fully saturated rings. The molecule has 0 amide bonds. The fraction of sp³-hybridized carbons (Fsp3) is 0.235. The number of ketones is 1. The van der Waals surface area contributed by atoms with E-state index in [0.717, 1.165) is 29.0 Å². The van der Waals surface area contributed by atoms with E-state index in [4.69, 9.17) is 9.47 Å². The molecule has 3 heteroatoms. The molecule has 0 saturated carbocycles. The third-order valence-corrected chi connectivity index (χ3v) is 3.35. The molecule has 2 aromatic carbocycles. The topological polar surface area (TPSA) is 35.5 Å². The van der Waals surface area contributed by atoms with Crippen molar-refractivity contribution in [2.24, 2.45) is 0 Å². The Morgan fingerprint density at radius 3 is 2.85 bits per heavy atom. The van der Waals surface area contributed by atoms with Crippen molar-refractivity contribution in [3.63, 3.8) is 0 Å². The van der Waals surface area contributed by atoms with Gasteiger partial charge >= 0.3 is 0 Å². The van der Waals surface area contributed by atoms with Crippen LogP contribution in [0.15, 0.2) is 48.5 Å². The Labute approximate surface area is 118 Å². The Morgan fingerprint density at radius 1 is 1.15 bits per heavy atom. The summed E-state index contributed by atoms with van der Waals surface area (Å²) < 4.78 is 11.0. The van der Waals surface area contributed by atoms with Gasteiger partial charge in [0.1, 0.15) is 11.5 Å². The Morgan fingerprint density at radius 2 is 2.00 bits per heavy atom. The van der Waals surface area contributed by atoms with Gasteiger partial charge < -0.3 is 9.47 Å². The molecule has 0 aromatic heterocycles. The summed E-state index contributed by atoms with van der Waals surface area (Å²) in [7, 11) is 0. The molecule has 0 spiro atoms. The van der Waals surface area contributed by atoms with Gasteiger partial charge in [-0.05, 0) is 35.9 Å². The molecule has 0 unspecified atom stereocenters. The molecule has 1 aliphatic rings. The second-order valence-corrected chi connectivity index (χ2v) is 4.76. The van der Waals surface area contributed by atoms with Gasteiger partial charge in [0.15, 0.2) is 5.78 Å². The van der Waals surface area contributed by atoms with Crippen LogP contribution in [-0.2, 0) is 6.42 Å². The molecule has 0 aliphatic carbocycles. The number of hydrogen-bond acceptors (Lipinski definition) is 3. The molecule has 0 saturated heterocycles. The predicted octanol–water partition coefficient (Wildman–Crippen LogP) is 3.27. The van der Waals surface area contributed by atoms with E-state index in [2.05, 4.69) is 0 Å². The summed E-state index contributed by atoms with van der Waals surface area (Å²) in [5.41, 5.74) is 1.87. The normalized spacial score (nSPS) is 12.6. The van der Waals surface area contributed by atoms with E-state index < -0.39 is 0 Å². The average Bonchev–Trinajstić information content (AvgIpc) is 2.95. The van der Waals surface area contributed by atoms with Gasteiger partial charge in [-0.25, -0.2) is 0 Å². The molecule has 0 atom stereocenters. The zero-order valence-corrected chi connectivity index (χ0v) is 11.2. The maximum atomic E-state index is 12.1. The number of carbonyl (C=O) groups is 1. The van der Waals surface area contributed by atoms with Gasteiger partial charge in [-0.1, -0.05) is 18.2 Å². The number of carbonyl (C=O) groups excluding carboxylic acids is 1. The lowest BCUT2D eigenvalue weighted by molar-refractivity contribution is 0.0962. The monoisotopic (exact) mass is 268 g/mol. The van der Waals surface area contributed by atoms with Gasteiger partial charge in [0.25, 0.3) is 0 Å². The van der Waals surface area contributed by atoms with Crippen molar-refractivity contribution in [3.8, 4) is 11.5 Å². The first-order chi connectivity index (χ1) is 9.83. The Balaban J connectivity index is 1.57. The van der Waals surface area contributed by atoms with Gasteiger partial charge in [-0.3, -0.25) is 4.79 Å². The molecular formula is C17H16O3. The van der Waals surface area contributed by atoms with E-state index in [1.54, 1.807) is 0 Å². The standard InChI is InChI=1S/C17H16O3/c18-16(9-11-19-15-4-2-1-3-5-15)13-6-7-17-14(12-13)8-10-20-17/h1-7,12H,8-11H2. The number of fused-ring (bicyclic) bond motifs is 1. The van der Waals surface area contributed by atoms with Crippen molar-refractivity contribution >= 4 is 5.78 Å². The quantitative estimate of drug-likeness (QED) is 0.781. The minimum absolute atomic E-state index is 0.107. The largest absolute Gasteiger partial charge is 0.493 e. The first kappa shape index (κ1) is 12.7. The van der Waals surface area contributed by atoms with Crippen LogP contribution in [0.3, 0.4) is 0 Å². The number of rotatable bonds is 5. The van der Waals surface area contributed by atoms with Crippen LogP contribution < -0.4 is 9.47 Å². The van der Waals surface area contributed by atoms with Crippen molar-refractivity contribution in [1.82, 2.24) is 0 Å². The van der Waals surface area contributed by atoms with Crippen molar-refractivity contribution in [3.05, 3.63) is 59.7 Å². The van der Waals surface area contributed by atoms with Crippen molar-refractivity contribution in [1.29, 1.82) is 0 Å². The molecule has 3 nitrogen and oxygen atoms in total. The second kappa shape index (κ2) is 5.78. The van der Waals surface area contributed by atoms with Crippen LogP contribution in [0.2, 0.25) is 0 Å². The van der Waals surface area contributed by atoms with Crippen LogP contribution in [0.1, 0.15) is 22.3 Å². The Hall–Kier alpha value is -2.29. The second-order valence-electron chi connectivity index (χ2n) is 4.76. The lowest BCUT2D eigenvalue weighted by Gasteiger charge is -2.06. The molecule has 3 rings (SSSR count). The lowest BCUT2D eigenvalue weighted by Crippen LogP contribution is -2.07. The molecule has 2 aromatic rings. The van der Waals surface area contributed by atoms with Crippen LogP contribution in [-0.4, -0.2) is 19.0 Å². The highest BCUT2D eigenvalue weighted by molar-refractivity contribution is 5.96. The van der Waals surface area contributed by atoms with Crippen LogP contribution in [0.25, 0.3) is 0 Å². The zero-order chi connectivity index (χ0) is 13.8. The zero-order valence-electron chi connectivity index (χ0n) is 11.2. The van der Waals surface area contributed by atoms with E-state index in [1.807, 2.05) is 48.5 Å². The van der Waals surface area contributed by atoms with E-state index in [0.29, 0.717) is 19.6 Å². The van der Waals surface area contributed by atoms with Crippen LogP contribution in [0.5, 0.6) is 11.5 Å². The summed E-state index contributed by atoms with van der Waals surface area (Å²) in [6.07, 6.45) is 1.27. The summed E-state index contributed by atoms with van der Waals surface area (Å²) in [4.78, 5) is 12.1. The van der Waals surface area contributed by atoms with Gasteiger partial charge in [0.2, 0.25) is 0 Å². The highest BCUT2D eigenvalue weighted by Gasteiger charge is 2.14. The molecular weight excluding hydrogens is 252 g/mol. The molecule has 0 radical (unpaired) electrons. The molecule has 20 heavy (non-hydrogen) atoms. The average molecular weight is 268 g/mol. The van der Waals surface area contributed by atoms with E-state index >= 15 is 0 Å². The Bertz CT molecular complexity index is 605. The third-order valence-electron chi connectivity index (χ3n) is 3.35. The smallest absolute Gasteiger partial charge is 0.166 e. The number of Topliss-reactive ketones (excluding diaryl/α,β-unsaturated/α-hetero) is 1. The van der Waals surface area contributed by atoms with E-state index in [1.165, 1.54) is 0 Å². The number of para-hydroxylation sites is 1. The minimum Gasteiger partial charge on any atom is -0.493 e. The summed E-state index contributed by atoms with van der Waals surface area (Å²) in [5.74, 6) is 1.81. The fourth-order valence-corrected chi connectivity index (χ4v) is 2.28. The van der Waals surface area contributed by atoms with Crippen LogP contribution in [0.4, 0.5) is 0 Å². The molecule has 1 aliphatic heterocycles. The van der Waals surface area contributed by atoms with Crippen molar-refractivity contribution < 1.29 is 14.3 Å². The summed E-state index contributed by atoms with van der Waals surface area (Å²) >= 11 is 0. The summed E-state index contributed by atoms with van der Waals surface area (Å²) in [5, 5.41) is 0. The van der Waals surface area contributed by atoms with Gasteiger partial charge in [-0.2, -0.15) is 0 Å². The first-order valence-electron chi connectivity index (χ1n) is 6.80. The fourth-order valence-electron chi connectivity index (χ4n) is 2.28. The van der Waals surface area contributed by atoms with Crippen LogP contribution >= 0.6 is 0 Å². The minimum atomic E-state index is 0.107. The highest BCUT2D eigenvalue weighted by atomic mass is 16.5. The number of hydrogen-bond donors (Lipinski definition) is 0. The maximum Gasteiger partial charge on any atom is 0.166 e. The lowest BCUT2D eigenvalue weighted by atomic mass is 10.0. The maximum absolute atomic E-state index is 12.1. The summed E-state index contributed by atoms with van der Waals surface area (Å²) in [6, 6.07) is 15.2. The van der Waals surface area contributed by atoms with E-state index in [-0.39, 0.29) is 5.78 Å². The Kier molecular flexibility index (Phi) is 3.68. The molecule has 102 valence electrons. The summed E-state index contributed by atoms with van der Waals surface area (Å²) in [6.45, 7) is 1.11. The SMILES string of the molecule is O=C(CCOc1ccccc1)c1ccc2c(c1)CCO2. The number of ether oxygens (including phenoxy) is 2. The van der Waals surface area contributed by atoms with Crippen molar-refractivity contribution in [2.75, 3.05) is 13.2 Å². The molecule has 1 heterocycles. The van der Waals surface area contributed by atoms with Gasteiger partial charge in [0.05, 0.1) is 13.2 Å².